The van der Waals surface area contributed by atoms with Gasteiger partial charge < -0.3 is 10.2 Å². The number of carbonyl (C=O) groups is 1. The van der Waals surface area contributed by atoms with Crippen molar-refractivity contribution in [1.82, 2.24) is 15.1 Å². The summed E-state index contributed by atoms with van der Waals surface area (Å²) < 4.78 is 0. The highest BCUT2D eigenvalue weighted by Crippen LogP contribution is 2.28. The van der Waals surface area contributed by atoms with E-state index in [9.17, 15) is 4.79 Å². The number of carbonyl (C=O) groups excluding carboxylic acids is 1. The maximum Gasteiger partial charge on any atom is 0.236 e. The number of nitrogens with one attached hydrogen (secondary N) is 1. The van der Waals surface area contributed by atoms with E-state index in [0.29, 0.717) is 12.6 Å². The molecular formula is C17H33N3O. The van der Waals surface area contributed by atoms with Gasteiger partial charge in [0.05, 0.1) is 6.54 Å². The molecule has 21 heavy (non-hydrogen) atoms. The van der Waals surface area contributed by atoms with Crippen molar-refractivity contribution in [2.45, 2.75) is 51.5 Å². The fourth-order valence-electron chi connectivity index (χ4n) is 3.71. The van der Waals surface area contributed by atoms with Crippen LogP contribution in [-0.4, -0.2) is 62.0 Å². The minimum atomic E-state index is 0.220. The summed E-state index contributed by atoms with van der Waals surface area (Å²) in [4.78, 5) is 15.7. The van der Waals surface area contributed by atoms with Gasteiger partial charge in [-0.1, -0.05) is 19.8 Å². The second-order valence-electron chi connectivity index (χ2n) is 7.38. The van der Waals surface area contributed by atoms with Crippen LogP contribution in [0.1, 0.15) is 45.4 Å². The Kier molecular flexibility index (Phi) is 6.49. The number of hydrogen-bond acceptors (Lipinski definition) is 3. The monoisotopic (exact) mass is 295 g/mol. The van der Waals surface area contributed by atoms with Crippen LogP contribution in [0, 0.1) is 11.8 Å². The van der Waals surface area contributed by atoms with Crippen molar-refractivity contribution in [3.63, 3.8) is 0 Å². The maximum absolute atomic E-state index is 11.7. The van der Waals surface area contributed by atoms with Gasteiger partial charge in [-0.2, -0.15) is 0 Å². The average Bonchev–Trinajstić information content (AvgIpc) is 2.46. The summed E-state index contributed by atoms with van der Waals surface area (Å²) in [6, 6.07) is 0.660. The van der Waals surface area contributed by atoms with Gasteiger partial charge in [0.25, 0.3) is 0 Å². The van der Waals surface area contributed by atoms with Gasteiger partial charge in [0.15, 0.2) is 0 Å². The lowest BCUT2D eigenvalue weighted by Crippen LogP contribution is -2.46. The molecule has 2 rings (SSSR count). The van der Waals surface area contributed by atoms with E-state index in [2.05, 4.69) is 17.1 Å². The smallest absolute Gasteiger partial charge is 0.236 e. The van der Waals surface area contributed by atoms with Crippen molar-refractivity contribution in [3.8, 4) is 0 Å². The number of nitrogens with zero attached hydrogens (tertiary/aromatic N) is 2. The van der Waals surface area contributed by atoms with E-state index < -0.39 is 0 Å². The largest absolute Gasteiger partial charge is 0.348 e. The number of hydrogen-bond donors (Lipinski definition) is 1. The molecule has 1 N–H and O–H groups in total. The molecule has 4 nitrogen and oxygen atoms in total. The Hall–Kier alpha value is -0.610. The molecule has 2 atom stereocenters. The molecule has 1 aliphatic carbocycles. The van der Waals surface area contributed by atoms with Crippen molar-refractivity contribution >= 4 is 5.91 Å². The van der Waals surface area contributed by atoms with Gasteiger partial charge in [0.1, 0.15) is 0 Å². The Labute approximate surface area is 130 Å². The third kappa shape index (κ3) is 5.59. The third-order valence-electron chi connectivity index (χ3n) is 5.19. The number of likely N-dealkylation sites (N-methyl/N-ethyl adjacent to an activating group) is 1. The molecule has 2 fully saturated rings. The minimum Gasteiger partial charge on any atom is -0.348 e. The van der Waals surface area contributed by atoms with Gasteiger partial charge >= 0.3 is 0 Å². The molecule has 122 valence electrons. The second kappa shape index (κ2) is 8.14. The van der Waals surface area contributed by atoms with Crippen LogP contribution in [-0.2, 0) is 4.79 Å². The highest BCUT2D eigenvalue weighted by molar-refractivity contribution is 5.77. The number of amides is 1. The van der Waals surface area contributed by atoms with Gasteiger partial charge in [-0.05, 0) is 44.1 Å². The quantitative estimate of drug-likeness (QED) is 0.842. The Morgan fingerprint density at radius 1 is 1.19 bits per heavy atom. The Bertz CT molecular complexity index is 324. The van der Waals surface area contributed by atoms with E-state index in [-0.39, 0.29) is 5.91 Å². The molecule has 0 spiro atoms. The van der Waals surface area contributed by atoms with E-state index in [1.165, 1.54) is 45.1 Å². The highest BCUT2D eigenvalue weighted by atomic mass is 16.2. The third-order valence-corrected chi connectivity index (χ3v) is 5.19. The van der Waals surface area contributed by atoms with Crippen molar-refractivity contribution in [3.05, 3.63) is 0 Å². The number of piperidine rings is 1. The van der Waals surface area contributed by atoms with Gasteiger partial charge in [0.2, 0.25) is 5.91 Å². The molecule has 1 aliphatic heterocycles. The molecule has 0 aromatic carbocycles. The Morgan fingerprint density at radius 3 is 2.52 bits per heavy atom. The molecule has 1 saturated carbocycles. The predicted molar refractivity (Wildman–Crippen MR) is 87.3 cm³/mol. The Balaban J connectivity index is 1.61. The first-order valence-electron chi connectivity index (χ1n) is 8.70. The second-order valence-corrected chi connectivity index (χ2v) is 7.38. The number of likely N-dealkylation sites (tertiary alicyclic amines) is 1. The highest BCUT2D eigenvalue weighted by Gasteiger charge is 2.23. The lowest BCUT2D eigenvalue weighted by molar-refractivity contribution is -0.130. The van der Waals surface area contributed by atoms with E-state index in [0.717, 1.165) is 24.9 Å². The minimum absolute atomic E-state index is 0.220. The van der Waals surface area contributed by atoms with Crippen molar-refractivity contribution in [2.75, 3.05) is 40.3 Å². The summed E-state index contributed by atoms with van der Waals surface area (Å²) in [6.07, 6.45) is 8.02. The zero-order chi connectivity index (χ0) is 15.2. The molecule has 0 radical (unpaired) electrons. The zero-order valence-electron chi connectivity index (χ0n) is 14.1. The summed E-state index contributed by atoms with van der Waals surface area (Å²) in [5.74, 6) is 2.03. The topological polar surface area (TPSA) is 35.6 Å². The normalized spacial score (nSPS) is 28.5. The fraction of sp³-hybridized carbons (Fsp3) is 0.941. The van der Waals surface area contributed by atoms with E-state index in [1.807, 2.05) is 14.1 Å². The van der Waals surface area contributed by atoms with Crippen molar-refractivity contribution in [2.24, 2.45) is 11.8 Å². The molecule has 2 aliphatic rings. The first-order valence-corrected chi connectivity index (χ1v) is 8.70. The molecule has 4 heteroatoms. The molecule has 0 aromatic heterocycles. The van der Waals surface area contributed by atoms with Crippen LogP contribution in [0.5, 0.6) is 0 Å². The van der Waals surface area contributed by atoms with Crippen LogP contribution in [0.2, 0.25) is 0 Å². The molecule has 1 heterocycles. The molecule has 0 bridgehead atoms. The summed E-state index contributed by atoms with van der Waals surface area (Å²) >= 11 is 0. The van der Waals surface area contributed by atoms with Crippen LogP contribution < -0.4 is 5.32 Å². The van der Waals surface area contributed by atoms with Gasteiger partial charge in [0, 0.05) is 33.2 Å². The summed E-state index contributed by atoms with van der Waals surface area (Å²) in [7, 11) is 3.67. The van der Waals surface area contributed by atoms with E-state index in [4.69, 9.17) is 0 Å². The first-order chi connectivity index (χ1) is 10.0. The SMILES string of the molecule is CC1CCCC(CNC2CCN(CC(=O)N(C)C)CC2)C1. The maximum atomic E-state index is 11.7. The lowest BCUT2D eigenvalue weighted by atomic mass is 9.82. The van der Waals surface area contributed by atoms with E-state index >= 15 is 0 Å². The molecule has 2 unspecified atom stereocenters. The van der Waals surface area contributed by atoms with Crippen LogP contribution in [0.3, 0.4) is 0 Å². The average molecular weight is 295 g/mol. The van der Waals surface area contributed by atoms with Crippen molar-refractivity contribution < 1.29 is 4.79 Å². The first kappa shape index (κ1) is 16.8. The standard InChI is InChI=1S/C17H33N3O/c1-14-5-4-6-15(11-14)12-18-16-7-9-20(10-8-16)13-17(21)19(2)3/h14-16,18H,4-13H2,1-3H3. The summed E-state index contributed by atoms with van der Waals surface area (Å²) in [5, 5.41) is 3.79. The Morgan fingerprint density at radius 2 is 1.90 bits per heavy atom. The predicted octanol–water partition coefficient (Wildman–Crippen LogP) is 1.95. The molecule has 0 aromatic rings. The number of rotatable bonds is 5. The molecule has 1 amide bonds. The van der Waals surface area contributed by atoms with Gasteiger partial charge in [-0.25, -0.2) is 0 Å². The van der Waals surface area contributed by atoms with Gasteiger partial charge in [-0.3, -0.25) is 9.69 Å². The lowest BCUT2D eigenvalue weighted by Gasteiger charge is -2.34. The van der Waals surface area contributed by atoms with Crippen LogP contribution in [0.4, 0.5) is 0 Å². The fourth-order valence-corrected chi connectivity index (χ4v) is 3.71. The zero-order valence-corrected chi connectivity index (χ0v) is 14.1. The van der Waals surface area contributed by atoms with Crippen LogP contribution >= 0.6 is 0 Å². The summed E-state index contributed by atoms with van der Waals surface area (Å²) in [6.45, 7) is 6.29. The molecular weight excluding hydrogens is 262 g/mol. The van der Waals surface area contributed by atoms with E-state index in [1.54, 1.807) is 4.90 Å². The molecule has 1 saturated heterocycles. The van der Waals surface area contributed by atoms with Crippen LogP contribution in [0.25, 0.3) is 0 Å². The van der Waals surface area contributed by atoms with Gasteiger partial charge in [-0.15, -0.1) is 0 Å². The van der Waals surface area contributed by atoms with Crippen LogP contribution in [0.15, 0.2) is 0 Å². The summed E-state index contributed by atoms with van der Waals surface area (Å²) in [5.41, 5.74) is 0. The van der Waals surface area contributed by atoms with Crippen molar-refractivity contribution in [1.29, 1.82) is 0 Å².